The van der Waals surface area contributed by atoms with Crippen LogP contribution in [0.5, 0.6) is 0 Å². The maximum absolute atomic E-state index is 12.9. The molecule has 8 heteroatoms. The number of anilines is 1. The Morgan fingerprint density at radius 3 is 2.65 bits per heavy atom. The standard InChI is InChI=1S/C23H23N3O4S/c1-13-5-4-6-17(14(13)2)24-19(27)11-26-18-12-30-22(28)20(18)21(25-23(26)29)15-7-9-16(31-3)10-8-15/h4-10,21H,11-12H2,1-3H3,(H,24,27)(H,25,29). The zero-order chi connectivity index (χ0) is 22.1. The van der Waals surface area contributed by atoms with E-state index in [2.05, 4.69) is 10.6 Å². The second-order valence-electron chi connectivity index (χ2n) is 7.47. The molecule has 4 rings (SSSR count). The number of nitrogens with one attached hydrogen (secondary N) is 2. The average molecular weight is 438 g/mol. The van der Waals surface area contributed by atoms with Crippen LogP contribution < -0.4 is 10.6 Å². The summed E-state index contributed by atoms with van der Waals surface area (Å²) >= 11 is 1.61. The van der Waals surface area contributed by atoms with Gasteiger partial charge >= 0.3 is 12.0 Å². The van der Waals surface area contributed by atoms with E-state index >= 15 is 0 Å². The molecule has 7 nitrogen and oxygen atoms in total. The first kappa shape index (κ1) is 21.0. The molecule has 2 heterocycles. The number of aryl methyl sites for hydroxylation is 1. The number of ether oxygens (including phenoxy) is 1. The summed E-state index contributed by atoms with van der Waals surface area (Å²) in [4.78, 5) is 40.4. The molecule has 0 aliphatic carbocycles. The van der Waals surface area contributed by atoms with Crippen LogP contribution in [0.15, 0.2) is 58.6 Å². The van der Waals surface area contributed by atoms with Crippen molar-refractivity contribution in [3.63, 3.8) is 0 Å². The van der Waals surface area contributed by atoms with E-state index in [1.165, 1.54) is 4.90 Å². The predicted octanol–water partition coefficient (Wildman–Crippen LogP) is 3.54. The topological polar surface area (TPSA) is 87.7 Å². The molecule has 2 aromatic rings. The number of esters is 1. The van der Waals surface area contributed by atoms with Gasteiger partial charge < -0.3 is 15.4 Å². The van der Waals surface area contributed by atoms with Gasteiger partial charge in [0.25, 0.3) is 0 Å². The minimum Gasteiger partial charge on any atom is -0.456 e. The Hall–Kier alpha value is -3.26. The summed E-state index contributed by atoms with van der Waals surface area (Å²) in [5.41, 5.74) is 4.31. The van der Waals surface area contributed by atoms with E-state index in [0.29, 0.717) is 17.0 Å². The number of rotatable bonds is 5. The summed E-state index contributed by atoms with van der Waals surface area (Å²) in [5, 5.41) is 5.71. The van der Waals surface area contributed by atoms with Crippen molar-refractivity contribution in [3.8, 4) is 0 Å². The quantitative estimate of drug-likeness (QED) is 0.552. The molecular formula is C23H23N3O4S. The molecule has 0 spiro atoms. The molecule has 31 heavy (non-hydrogen) atoms. The average Bonchev–Trinajstić information content (AvgIpc) is 3.15. The zero-order valence-electron chi connectivity index (χ0n) is 17.5. The van der Waals surface area contributed by atoms with E-state index in [-0.39, 0.29) is 19.1 Å². The third-order valence-electron chi connectivity index (χ3n) is 5.63. The third kappa shape index (κ3) is 4.03. The van der Waals surface area contributed by atoms with Crippen LogP contribution in [0.4, 0.5) is 10.5 Å². The molecule has 3 amide bonds. The summed E-state index contributed by atoms with van der Waals surface area (Å²) in [5.74, 6) is -0.827. The van der Waals surface area contributed by atoms with Gasteiger partial charge in [-0.05, 0) is 55.0 Å². The summed E-state index contributed by atoms with van der Waals surface area (Å²) in [6, 6.07) is 12.3. The van der Waals surface area contributed by atoms with E-state index in [1.54, 1.807) is 11.8 Å². The van der Waals surface area contributed by atoms with E-state index in [1.807, 2.05) is 62.6 Å². The van der Waals surface area contributed by atoms with Crippen molar-refractivity contribution in [3.05, 3.63) is 70.4 Å². The molecular weight excluding hydrogens is 414 g/mol. The van der Waals surface area contributed by atoms with Gasteiger partial charge in [0, 0.05) is 10.6 Å². The molecule has 2 aliphatic heterocycles. The van der Waals surface area contributed by atoms with Gasteiger partial charge in [-0.1, -0.05) is 24.3 Å². The summed E-state index contributed by atoms with van der Waals surface area (Å²) in [6.45, 7) is 3.65. The first-order chi connectivity index (χ1) is 14.9. The highest BCUT2D eigenvalue weighted by atomic mass is 32.2. The van der Waals surface area contributed by atoms with Crippen molar-refractivity contribution in [2.75, 3.05) is 24.7 Å². The Bertz CT molecular complexity index is 1090. The van der Waals surface area contributed by atoms with Crippen LogP contribution >= 0.6 is 11.8 Å². The highest BCUT2D eigenvalue weighted by molar-refractivity contribution is 7.98. The van der Waals surface area contributed by atoms with Crippen LogP contribution in [0.2, 0.25) is 0 Å². The monoisotopic (exact) mass is 437 g/mol. The number of nitrogens with zero attached hydrogens (tertiary/aromatic N) is 1. The molecule has 1 unspecified atom stereocenters. The van der Waals surface area contributed by atoms with Gasteiger partial charge in [-0.2, -0.15) is 0 Å². The van der Waals surface area contributed by atoms with Gasteiger partial charge in [0.15, 0.2) is 0 Å². The van der Waals surface area contributed by atoms with Crippen LogP contribution in [0.3, 0.4) is 0 Å². The van der Waals surface area contributed by atoms with Crippen molar-refractivity contribution in [2.24, 2.45) is 0 Å². The van der Waals surface area contributed by atoms with Crippen LogP contribution in [0.1, 0.15) is 22.7 Å². The van der Waals surface area contributed by atoms with Gasteiger partial charge in [-0.3, -0.25) is 9.69 Å². The Kier molecular flexibility index (Phi) is 5.73. The van der Waals surface area contributed by atoms with Crippen LogP contribution in [0.25, 0.3) is 0 Å². The lowest BCUT2D eigenvalue weighted by Crippen LogP contribution is -2.49. The second-order valence-corrected chi connectivity index (χ2v) is 8.35. The Labute approximate surface area is 184 Å². The van der Waals surface area contributed by atoms with Crippen LogP contribution in [-0.4, -0.2) is 42.2 Å². The Balaban J connectivity index is 1.59. The highest BCUT2D eigenvalue weighted by Gasteiger charge is 2.42. The molecule has 0 aromatic heterocycles. The number of thioether (sulfide) groups is 1. The zero-order valence-corrected chi connectivity index (χ0v) is 18.3. The van der Waals surface area contributed by atoms with Crippen molar-refractivity contribution < 1.29 is 19.1 Å². The molecule has 2 aromatic carbocycles. The van der Waals surface area contributed by atoms with Crippen molar-refractivity contribution in [2.45, 2.75) is 24.8 Å². The predicted molar refractivity (Wildman–Crippen MR) is 119 cm³/mol. The number of cyclic esters (lactones) is 1. The first-order valence-electron chi connectivity index (χ1n) is 9.87. The third-order valence-corrected chi connectivity index (χ3v) is 6.37. The molecule has 2 N–H and O–H groups in total. The lowest BCUT2D eigenvalue weighted by atomic mass is 9.96. The number of carbonyl (C=O) groups is 3. The Morgan fingerprint density at radius 2 is 1.94 bits per heavy atom. The summed E-state index contributed by atoms with van der Waals surface area (Å²) in [7, 11) is 0. The maximum atomic E-state index is 12.9. The number of amides is 3. The molecule has 0 saturated heterocycles. The SMILES string of the molecule is CSc1ccc(C2NC(=O)N(CC(=O)Nc3cccc(C)c3C)C3=C2C(=O)OC3)cc1. The molecule has 1 atom stereocenters. The van der Waals surface area contributed by atoms with Gasteiger partial charge in [-0.15, -0.1) is 11.8 Å². The van der Waals surface area contributed by atoms with Gasteiger partial charge in [-0.25, -0.2) is 9.59 Å². The fraction of sp³-hybridized carbons (Fsp3) is 0.261. The summed E-state index contributed by atoms with van der Waals surface area (Å²) < 4.78 is 5.23. The molecule has 0 radical (unpaired) electrons. The smallest absolute Gasteiger partial charge is 0.338 e. The van der Waals surface area contributed by atoms with E-state index in [0.717, 1.165) is 21.6 Å². The molecule has 160 valence electrons. The summed E-state index contributed by atoms with van der Waals surface area (Å²) in [6.07, 6.45) is 1.98. The van der Waals surface area contributed by atoms with E-state index < -0.39 is 18.0 Å². The van der Waals surface area contributed by atoms with Crippen molar-refractivity contribution >= 4 is 35.4 Å². The lowest BCUT2D eigenvalue weighted by Gasteiger charge is -2.32. The van der Waals surface area contributed by atoms with Crippen LogP contribution in [0, 0.1) is 13.8 Å². The van der Waals surface area contributed by atoms with Gasteiger partial charge in [0.05, 0.1) is 17.3 Å². The molecule has 2 aliphatic rings. The normalized spacial score (nSPS) is 17.9. The van der Waals surface area contributed by atoms with Crippen molar-refractivity contribution in [1.82, 2.24) is 10.2 Å². The second kappa shape index (κ2) is 8.47. The largest absolute Gasteiger partial charge is 0.456 e. The van der Waals surface area contributed by atoms with E-state index in [9.17, 15) is 14.4 Å². The minimum atomic E-state index is -0.605. The highest BCUT2D eigenvalue weighted by Crippen LogP contribution is 2.35. The Morgan fingerprint density at radius 1 is 1.19 bits per heavy atom. The van der Waals surface area contributed by atoms with Crippen molar-refractivity contribution in [1.29, 1.82) is 0 Å². The first-order valence-corrected chi connectivity index (χ1v) is 11.1. The fourth-order valence-corrected chi connectivity index (χ4v) is 4.15. The number of hydrogen-bond acceptors (Lipinski definition) is 5. The molecule has 0 bridgehead atoms. The fourth-order valence-electron chi connectivity index (χ4n) is 3.74. The molecule has 0 saturated carbocycles. The maximum Gasteiger partial charge on any atom is 0.338 e. The van der Waals surface area contributed by atoms with Crippen LogP contribution in [-0.2, 0) is 14.3 Å². The number of urea groups is 1. The van der Waals surface area contributed by atoms with Gasteiger partial charge in [0.1, 0.15) is 13.2 Å². The van der Waals surface area contributed by atoms with Gasteiger partial charge in [0.2, 0.25) is 5.91 Å². The minimum absolute atomic E-state index is 0.0300. The molecule has 0 fully saturated rings. The lowest BCUT2D eigenvalue weighted by molar-refractivity contribution is -0.136. The van der Waals surface area contributed by atoms with E-state index in [4.69, 9.17) is 4.74 Å². The number of carbonyl (C=O) groups excluding carboxylic acids is 3. The number of hydrogen-bond donors (Lipinski definition) is 2. The number of benzene rings is 2.